The predicted octanol–water partition coefficient (Wildman–Crippen LogP) is 1.74. The molecule has 2 rings (SSSR count). The maximum atomic E-state index is 12.2. The van der Waals surface area contributed by atoms with Gasteiger partial charge in [-0.05, 0) is 12.8 Å². The van der Waals surface area contributed by atoms with Crippen LogP contribution in [0.3, 0.4) is 0 Å². The SMILES string of the molecule is CCCCCCC(O)(CN1CCOC2(CCOCC2)C1)C(=O)OC. The zero-order chi connectivity index (χ0) is 17.5. The van der Waals surface area contributed by atoms with Crippen molar-refractivity contribution in [2.75, 3.05) is 46.6 Å². The van der Waals surface area contributed by atoms with Gasteiger partial charge in [0.25, 0.3) is 0 Å². The highest BCUT2D eigenvalue weighted by atomic mass is 16.5. The number of carbonyl (C=O) groups excluding carboxylic acids is 1. The van der Waals surface area contributed by atoms with E-state index in [9.17, 15) is 9.90 Å². The van der Waals surface area contributed by atoms with E-state index < -0.39 is 11.6 Å². The fraction of sp³-hybridized carbons (Fsp3) is 0.944. The van der Waals surface area contributed by atoms with Crippen LogP contribution in [-0.4, -0.2) is 73.7 Å². The van der Waals surface area contributed by atoms with Crippen LogP contribution >= 0.6 is 0 Å². The molecule has 0 aliphatic carbocycles. The first-order valence-corrected chi connectivity index (χ1v) is 9.28. The second kappa shape index (κ2) is 9.13. The number of rotatable bonds is 8. The maximum absolute atomic E-state index is 12.2. The molecule has 0 bridgehead atoms. The summed E-state index contributed by atoms with van der Waals surface area (Å²) >= 11 is 0. The lowest BCUT2D eigenvalue weighted by atomic mass is 9.90. The summed E-state index contributed by atoms with van der Waals surface area (Å²) in [5, 5.41) is 10.9. The first kappa shape index (κ1) is 19.6. The van der Waals surface area contributed by atoms with Crippen molar-refractivity contribution in [3.8, 4) is 0 Å². The standard InChI is InChI=1S/C18H33NO5/c1-3-4-5-6-7-18(21,16(20)22-2)15-19-10-13-24-17(14-19)8-11-23-12-9-17/h21H,3-15H2,1-2H3. The van der Waals surface area contributed by atoms with Crippen molar-refractivity contribution in [1.29, 1.82) is 0 Å². The number of esters is 1. The molecule has 2 fully saturated rings. The summed E-state index contributed by atoms with van der Waals surface area (Å²) in [6.45, 7) is 6.00. The predicted molar refractivity (Wildman–Crippen MR) is 90.9 cm³/mol. The van der Waals surface area contributed by atoms with Crippen molar-refractivity contribution in [2.45, 2.75) is 63.1 Å². The van der Waals surface area contributed by atoms with Crippen LogP contribution in [0, 0.1) is 0 Å². The van der Waals surface area contributed by atoms with Crippen LogP contribution < -0.4 is 0 Å². The van der Waals surface area contributed by atoms with Crippen LogP contribution in [0.1, 0.15) is 51.9 Å². The molecular weight excluding hydrogens is 310 g/mol. The van der Waals surface area contributed by atoms with Gasteiger partial charge in [0, 0.05) is 45.7 Å². The Morgan fingerprint density at radius 1 is 1.25 bits per heavy atom. The van der Waals surface area contributed by atoms with Crippen LogP contribution in [-0.2, 0) is 19.0 Å². The molecule has 24 heavy (non-hydrogen) atoms. The Kier molecular flexibility index (Phi) is 7.47. The second-order valence-electron chi connectivity index (χ2n) is 7.19. The number of ether oxygens (including phenoxy) is 3. The zero-order valence-electron chi connectivity index (χ0n) is 15.2. The summed E-state index contributed by atoms with van der Waals surface area (Å²) in [5.41, 5.74) is -1.61. The van der Waals surface area contributed by atoms with Gasteiger partial charge in [-0.2, -0.15) is 0 Å². The van der Waals surface area contributed by atoms with Gasteiger partial charge in [0.05, 0.1) is 19.3 Å². The van der Waals surface area contributed by atoms with E-state index in [2.05, 4.69) is 11.8 Å². The van der Waals surface area contributed by atoms with E-state index in [0.717, 1.165) is 51.6 Å². The number of hydrogen-bond donors (Lipinski definition) is 1. The molecule has 2 heterocycles. The summed E-state index contributed by atoms with van der Waals surface area (Å²) in [6, 6.07) is 0. The number of unbranched alkanes of at least 4 members (excludes halogenated alkanes) is 3. The van der Waals surface area contributed by atoms with Gasteiger partial charge in [0.1, 0.15) is 0 Å². The topological polar surface area (TPSA) is 68.2 Å². The molecule has 2 aliphatic heterocycles. The van der Waals surface area contributed by atoms with Crippen LogP contribution in [0.5, 0.6) is 0 Å². The largest absolute Gasteiger partial charge is 0.467 e. The highest BCUT2D eigenvalue weighted by Crippen LogP contribution is 2.30. The first-order chi connectivity index (χ1) is 11.5. The summed E-state index contributed by atoms with van der Waals surface area (Å²) in [7, 11) is 1.35. The lowest BCUT2D eigenvalue weighted by Gasteiger charge is -2.46. The van der Waals surface area contributed by atoms with Gasteiger partial charge in [0.2, 0.25) is 0 Å². The number of carbonyl (C=O) groups is 1. The smallest absolute Gasteiger partial charge is 0.339 e. The third kappa shape index (κ3) is 5.15. The fourth-order valence-electron chi connectivity index (χ4n) is 3.75. The fourth-order valence-corrected chi connectivity index (χ4v) is 3.75. The average Bonchev–Trinajstić information content (AvgIpc) is 2.59. The number of aliphatic hydroxyl groups is 1. The van der Waals surface area contributed by atoms with E-state index in [1.165, 1.54) is 7.11 Å². The molecule has 0 radical (unpaired) electrons. The Bertz CT molecular complexity index is 391. The summed E-state index contributed by atoms with van der Waals surface area (Å²) < 4.78 is 16.4. The number of morpholine rings is 1. The lowest BCUT2D eigenvalue weighted by molar-refractivity contribution is -0.178. The van der Waals surface area contributed by atoms with Crippen LogP contribution in [0.15, 0.2) is 0 Å². The molecule has 2 saturated heterocycles. The molecule has 0 saturated carbocycles. The van der Waals surface area contributed by atoms with Crippen molar-refractivity contribution in [3.05, 3.63) is 0 Å². The second-order valence-corrected chi connectivity index (χ2v) is 7.19. The first-order valence-electron chi connectivity index (χ1n) is 9.28. The van der Waals surface area contributed by atoms with Crippen LogP contribution in [0.4, 0.5) is 0 Å². The quantitative estimate of drug-likeness (QED) is 0.535. The van der Waals surface area contributed by atoms with Gasteiger partial charge >= 0.3 is 5.97 Å². The molecule has 6 heteroatoms. The van der Waals surface area contributed by atoms with E-state index >= 15 is 0 Å². The van der Waals surface area contributed by atoms with Crippen molar-refractivity contribution in [2.24, 2.45) is 0 Å². The molecule has 0 amide bonds. The summed E-state index contributed by atoms with van der Waals surface area (Å²) in [6.07, 6.45) is 6.31. The molecule has 1 spiro atoms. The Morgan fingerprint density at radius 2 is 2.00 bits per heavy atom. The van der Waals surface area contributed by atoms with Crippen LogP contribution in [0.25, 0.3) is 0 Å². The van der Waals surface area contributed by atoms with Crippen molar-refractivity contribution < 1.29 is 24.1 Å². The van der Waals surface area contributed by atoms with E-state index in [1.807, 2.05) is 0 Å². The minimum Gasteiger partial charge on any atom is -0.467 e. The molecule has 2 aliphatic rings. The summed E-state index contributed by atoms with van der Waals surface area (Å²) in [4.78, 5) is 14.3. The van der Waals surface area contributed by atoms with E-state index in [4.69, 9.17) is 14.2 Å². The molecule has 1 unspecified atom stereocenters. The Hall–Kier alpha value is -0.690. The van der Waals surface area contributed by atoms with Gasteiger partial charge in [0.15, 0.2) is 5.60 Å². The van der Waals surface area contributed by atoms with Crippen molar-refractivity contribution in [1.82, 2.24) is 4.90 Å². The monoisotopic (exact) mass is 343 g/mol. The Labute approximate surface area is 145 Å². The lowest BCUT2D eigenvalue weighted by Crippen LogP contribution is -2.59. The highest BCUT2D eigenvalue weighted by molar-refractivity contribution is 5.79. The van der Waals surface area contributed by atoms with E-state index in [-0.39, 0.29) is 5.60 Å². The van der Waals surface area contributed by atoms with Gasteiger partial charge in [-0.25, -0.2) is 4.79 Å². The number of nitrogens with zero attached hydrogens (tertiary/aromatic N) is 1. The van der Waals surface area contributed by atoms with Gasteiger partial charge in [-0.1, -0.05) is 26.2 Å². The molecule has 6 nitrogen and oxygen atoms in total. The normalized spacial score (nSPS) is 23.8. The van der Waals surface area contributed by atoms with Crippen molar-refractivity contribution in [3.63, 3.8) is 0 Å². The van der Waals surface area contributed by atoms with Crippen LogP contribution in [0.2, 0.25) is 0 Å². The highest BCUT2D eigenvalue weighted by Gasteiger charge is 2.43. The molecule has 0 aromatic rings. The Balaban J connectivity index is 1.95. The Morgan fingerprint density at radius 3 is 2.67 bits per heavy atom. The van der Waals surface area contributed by atoms with E-state index in [1.54, 1.807) is 0 Å². The zero-order valence-corrected chi connectivity index (χ0v) is 15.2. The van der Waals surface area contributed by atoms with Crippen molar-refractivity contribution >= 4 is 5.97 Å². The van der Waals surface area contributed by atoms with Gasteiger partial charge in [-0.3, -0.25) is 4.90 Å². The third-order valence-corrected chi connectivity index (χ3v) is 5.23. The van der Waals surface area contributed by atoms with Gasteiger partial charge < -0.3 is 19.3 Å². The minimum absolute atomic E-state index is 0.185. The van der Waals surface area contributed by atoms with Gasteiger partial charge in [-0.15, -0.1) is 0 Å². The third-order valence-electron chi connectivity index (χ3n) is 5.23. The van der Waals surface area contributed by atoms with E-state index in [0.29, 0.717) is 32.8 Å². The number of hydrogen-bond acceptors (Lipinski definition) is 6. The summed E-state index contributed by atoms with van der Waals surface area (Å²) in [5.74, 6) is -0.522. The molecule has 1 N–H and O–H groups in total. The molecule has 0 aromatic heterocycles. The molecular formula is C18H33NO5. The maximum Gasteiger partial charge on any atom is 0.339 e. The minimum atomic E-state index is -1.42. The molecule has 140 valence electrons. The number of methoxy groups -OCH3 is 1. The number of β-amino-alcohol motifs (C(OH)–C–C–N with tert-alkyl or cyclic N) is 1. The molecule has 1 atom stereocenters. The average molecular weight is 343 g/mol. The molecule has 0 aromatic carbocycles.